The summed E-state index contributed by atoms with van der Waals surface area (Å²) in [5, 5.41) is 10.0. The van der Waals surface area contributed by atoms with Crippen molar-refractivity contribution in [2.45, 2.75) is 79.8 Å². The summed E-state index contributed by atoms with van der Waals surface area (Å²) in [6.45, 7) is 12.8. The zero-order chi connectivity index (χ0) is 16.3. The average Bonchev–Trinajstić information content (AvgIpc) is 2.35. The van der Waals surface area contributed by atoms with E-state index >= 15 is 0 Å². The fraction of sp³-hybridized carbons (Fsp3) is 0.600. The van der Waals surface area contributed by atoms with E-state index in [0.29, 0.717) is 0 Å². The molecule has 0 rings (SSSR count). The zero-order valence-corrected chi connectivity index (χ0v) is 14.9. The molecule has 1 heteroatoms. The molecule has 21 heavy (non-hydrogen) atoms. The van der Waals surface area contributed by atoms with Crippen molar-refractivity contribution in [2.75, 3.05) is 0 Å². The number of hydrogen-bond donors (Lipinski definition) is 1. The van der Waals surface area contributed by atoms with Crippen LogP contribution in [0.1, 0.15) is 73.6 Å². The van der Waals surface area contributed by atoms with Gasteiger partial charge < -0.3 is 5.11 Å². The minimum Gasteiger partial charge on any atom is -0.389 e. The van der Waals surface area contributed by atoms with Gasteiger partial charge in [0.2, 0.25) is 0 Å². The van der Waals surface area contributed by atoms with Crippen LogP contribution >= 0.6 is 0 Å². The molecule has 0 aliphatic carbocycles. The van der Waals surface area contributed by atoms with Crippen LogP contribution < -0.4 is 0 Å². The van der Waals surface area contributed by atoms with Gasteiger partial charge in [0, 0.05) is 0 Å². The van der Waals surface area contributed by atoms with Crippen LogP contribution in [0.3, 0.4) is 0 Å². The summed E-state index contributed by atoms with van der Waals surface area (Å²) in [5.74, 6) is 0. The highest BCUT2D eigenvalue weighted by Gasteiger charge is 1.99. The normalized spacial score (nSPS) is 13.9. The highest BCUT2D eigenvalue weighted by molar-refractivity contribution is 5.08. The molecule has 0 heterocycles. The molecule has 0 fully saturated rings. The monoisotopic (exact) mass is 290 g/mol. The molecule has 1 unspecified atom stereocenters. The third-order valence-corrected chi connectivity index (χ3v) is 3.37. The molecule has 1 atom stereocenters. The van der Waals surface area contributed by atoms with E-state index in [4.69, 9.17) is 0 Å². The quantitative estimate of drug-likeness (QED) is 0.507. The Bertz CT molecular complexity index is 400. The van der Waals surface area contributed by atoms with Gasteiger partial charge in [0.1, 0.15) is 0 Å². The summed E-state index contributed by atoms with van der Waals surface area (Å²) in [6, 6.07) is 0. The third kappa shape index (κ3) is 13.7. The maximum atomic E-state index is 10.0. The minimum atomic E-state index is -0.352. The molecule has 0 aliphatic rings. The summed E-state index contributed by atoms with van der Waals surface area (Å²) in [6.07, 6.45) is 13.3. The lowest BCUT2D eigenvalue weighted by molar-refractivity contribution is 0.225. The van der Waals surface area contributed by atoms with Crippen molar-refractivity contribution in [2.24, 2.45) is 0 Å². The first-order valence-corrected chi connectivity index (χ1v) is 8.09. The van der Waals surface area contributed by atoms with E-state index in [1.54, 1.807) is 0 Å². The Morgan fingerprint density at radius 3 is 1.71 bits per heavy atom. The van der Waals surface area contributed by atoms with E-state index in [2.05, 4.69) is 59.8 Å². The lowest BCUT2D eigenvalue weighted by Gasteiger charge is -2.06. The number of rotatable bonds is 9. The second kappa shape index (κ2) is 11.6. The molecular formula is C20H34O. The smallest absolute Gasteiger partial charge is 0.0757 e. The SMILES string of the molecule is CC(C)=CCCC(C)=CCC(O)C=C(C)CCC=C(C)C. The Labute approximate surface area is 132 Å². The Balaban J connectivity index is 4.14. The van der Waals surface area contributed by atoms with Gasteiger partial charge in [0.25, 0.3) is 0 Å². The summed E-state index contributed by atoms with van der Waals surface area (Å²) in [7, 11) is 0. The van der Waals surface area contributed by atoms with E-state index < -0.39 is 0 Å². The fourth-order valence-electron chi connectivity index (χ4n) is 2.08. The second-order valence-corrected chi connectivity index (χ2v) is 6.51. The number of aliphatic hydroxyl groups excluding tert-OH is 1. The molecule has 1 N–H and O–H groups in total. The van der Waals surface area contributed by atoms with Crippen LogP contribution in [0, 0.1) is 0 Å². The molecule has 0 aliphatic heterocycles. The van der Waals surface area contributed by atoms with Crippen LogP contribution in [-0.4, -0.2) is 11.2 Å². The molecule has 1 nitrogen and oxygen atoms in total. The van der Waals surface area contributed by atoms with Gasteiger partial charge >= 0.3 is 0 Å². The molecule has 0 bridgehead atoms. The number of hydrogen-bond acceptors (Lipinski definition) is 1. The Hall–Kier alpha value is -1.08. The molecule has 0 radical (unpaired) electrons. The van der Waals surface area contributed by atoms with Crippen molar-refractivity contribution in [1.82, 2.24) is 0 Å². The average molecular weight is 290 g/mol. The molecule has 0 spiro atoms. The van der Waals surface area contributed by atoms with Gasteiger partial charge in [-0.25, -0.2) is 0 Å². The lowest BCUT2D eigenvalue weighted by atomic mass is 10.0. The first-order chi connectivity index (χ1) is 9.81. The van der Waals surface area contributed by atoms with Gasteiger partial charge in [-0.1, -0.05) is 46.6 Å². The molecule has 0 aromatic carbocycles. The second-order valence-electron chi connectivity index (χ2n) is 6.51. The molecular weight excluding hydrogens is 256 g/mol. The van der Waals surface area contributed by atoms with Crippen LogP contribution in [-0.2, 0) is 0 Å². The Morgan fingerprint density at radius 1 is 0.762 bits per heavy atom. The summed E-state index contributed by atoms with van der Waals surface area (Å²) in [4.78, 5) is 0. The Morgan fingerprint density at radius 2 is 1.24 bits per heavy atom. The van der Waals surface area contributed by atoms with Crippen molar-refractivity contribution in [3.05, 3.63) is 46.6 Å². The summed E-state index contributed by atoms with van der Waals surface area (Å²) < 4.78 is 0. The van der Waals surface area contributed by atoms with E-state index in [1.165, 1.54) is 22.3 Å². The molecule has 0 aromatic heterocycles. The Kier molecular flexibility index (Phi) is 11.0. The van der Waals surface area contributed by atoms with Crippen LogP contribution in [0.15, 0.2) is 46.6 Å². The van der Waals surface area contributed by atoms with E-state index in [1.807, 2.05) is 6.08 Å². The summed E-state index contributed by atoms with van der Waals surface area (Å²) in [5.41, 5.74) is 5.37. The minimum absolute atomic E-state index is 0.352. The topological polar surface area (TPSA) is 20.2 Å². The molecule has 0 amide bonds. The van der Waals surface area contributed by atoms with E-state index in [-0.39, 0.29) is 6.10 Å². The van der Waals surface area contributed by atoms with Crippen molar-refractivity contribution in [1.29, 1.82) is 0 Å². The van der Waals surface area contributed by atoms with Crippen molar-refractivity contribution >= 4 is 0 Å². The maximum Gasteiger partial charge on any atom is 0.0757 e. The molecule has 0 saturated carbocycles. The van der Waals surface area contributed by atoms with Crippen LogP contribution in [0.25, 0.3) is 0 Å². The number of aliphatic hydroxyl groups is 1. The predicted octanol–water partition coefficient (Wildman–Crippen LogP) is 6.12. The van der Waals surface area contributed by atoms with Crippen molar-refractivity contribution in [3.63, 3.8) is 0 Å². The summed E-state index contributed by atoms with van der Waals surface area (Å²) >= 11 is 0. The highest BCUT2D eigenvalue weighted by Crippen LogP contribution is 2.12. The first-order valence-electron chi connectivity index (χ1n) is 8.09. The predicted molar refractivity (Wildman–Crippen MR) is 95.5 cm³/mol. The van der Waals surface area contributed by atoms with Gasteiger partial charge in [-0.15, -0.1) is 0 Å². The van der Waals surface area contributed by atoms with Gasteiger partial charge in [-0.05, 0) is 73.6 Å². The lowest BCUT2D eigenvalue weighted by Crippen LogP contribution is -2.01. The standard InChI is InChI=1S/C20H34O/c1-16(2)9-7-11-18(5)13-14-20(21)15-19(6)12-8-10-17(3)4/h9-10,13,15,20-21H,7-8,11-12,14H2,1-6H3. The van der Waals surface area contributed by atoms with E-state index in [9.17, 15) is 5.11 Å². The number of allylic oxidation sites excluding steroid dienone is 6. The highest BCUT2D eigenvalue weighted by atomic mass is 16.3. The van der Waals surface area contributed by atoms with Gasteiger partial charge in [0.05, 0.1) is 6.10 Å². The van der Waals surface area contributed by atoms with Crippen LogP contribution in [0.2, 0.25) is 0 Å². The van der Waals surface area contributed by atoms with Gasteiger partial charge in [-0.3, -0.25) is 0 Å². The van der Waals surface area contributed by atoms with E-state index in [0.717, 1.165) is 32.1 Å². The van der Waals surface area contributed by atoms with Crippen LogP contribution in [0.4, 0.5) is 0 Å². The molecule has 0 aromatic rings. The van der Waals surface area contributed by atoms with Gasteiger partial charge in [-0.2, -0.15) is 0 Å². The molecule has 120 valence electrons. The van der Waals surface area contributed by atoms with Crippen molar-refractivity contribution in [3.8, 4) is 0 Å². The van der Waals surface area contributed by atoms with Crippen molar-refractivity contribution < 1.29 is 5.11 Å². The third-order valence-electron chi connectivity index (χ3n) is 3.37. The fourth-order valence-corrected chi connectivity index (χ4v) is 2.08. The zero-order valence-electron chi connectivity index (χ0n) is 14.9. The maximum absolute atomic E-state index is 10.0. The van der Waals surface area contributed by atoms with Gasteiger partial charge in [0.15, 0.2) is 0 Å². The molecule has 0 saturated heterocycles. The van der Waals surface area contributed by atoms with Crippen LogP contribution in [0.5, 0.6) is 0 Å². The largest absolute Gasteiger partial charge is 0.389 e. The first kappa shape index (κ1) is 19.9.